The third-order valence-corrected chi connectivity index (χ3v) is 4.87. The Morgan fingerprint density at radius 3 is 2.76 bits per heavy atom. The molecule has 0 amide bonds. The van der Waals surface area contributed by atoms with Gasteiger partial charge >= 0.3 is 0 Å². The van der Waals surface area contributed by atoms with Gasteiger partial charge in [0, 0.05) is 7.05 Å². The fourth-order valence-electron chi connectivity index (χ4n) is 1.78. The molecule has 0 bridgehead atoms. The lowest BCUT2D eigenvalue weighted by Crippen LogP contribution is -2.27. The highest BCUT2D eigenvalue weighted by Gasteiger charge is 2.46. The standard InChI is InChI=1S/C10H11N3O2S2/c1-13-7(14)5-6(17-9(11-5)16-2)12-8(13)10(15)3-4-10/h15H,3-4H2,1-2H3. The van der Waals surface area contributed by atoms with Gasteiger partial charge in [-0.25, -0.2) is 9.97 Å². The minimum atomic E-state index is -0.897. The van der Waals surface area contributed by atoms with Crippen molar-refractivity contribution in [3.8, 4) is 0 Å². The number of hydrogen-bond donors (Lipinski definition) is 1. The third kappa shape index (κ3) is 1.61. The van der Waals surface area contributed by atoms with Crippen molar-refractivity contribution in [1.29, 1.82) is 0 Å². The fourth-order valence-corrected chi connectivity index (χ4v) is 3.20. The molecule has 2 aromatic heterocycles. The van der Waals surface area contributed by atoms with Crippen LogP contribution in [0.1, 0.15) is 18.7 Å². The molecule has 1 aliphatic carbocycles. The molecule has 1 fully saturated rings. The predicted octanol–water partition coefficient (Wildman–Crippen LogP) is 1.09. The molecule has 1 N–H and O–H groups in total. The van der Waals surface area contributed by atoms with E-state index < -0.39 is 5.60 Å². The number of nitrogens with zero attached hydrogens (tertiary/aromatic N) is 3. The summed E-state index contributed by atoms with van der Waals surface area (Å²) in [4.78, 5) is 21.4. The number of hydrogen-bond acceptors (Lipinski definition) is 6. The second-order valence-corrected chi connectivity index (χ2v) is 6.20. The molecule has 1 saturated carbocycles. The second-order valence-electron chi connectivity index (χ2n) is 4.17. The Balaban J connectivity index is 2.32. The molecule has 3 rings (SSSR count). The van der Waals surface area contributed by atoms with Crippen molar-refractivity contribution in [2.24, 2.45) is 7.05 Å². The number of aliphatic hydroxyl groups is 1. The average Bonchev–Trinajstić information content (AvgIpc) is 2.92. The van der Waals surface area contributed by atoms with Gasteiger partial charge in [-0.1, -0.05) is 23.1 Å². The predicted molar refractivity (Wildman–Crippen MR) is 67.6 cm³/mol. The molecule has 0 radical (unpaired) electrons. The molecule has 1 aliphatic rings. The first-order valence-corrected chi connectivity index (χ1v) is 7.24. The SMILES string of the molecule is CSc1nc2c(=O)n(C)c(C3(O)CC3)nc2s1. The molecule has 0 spiro atoms. The van der Waals surface area contributed by atoms with Crippen LogP contribution in [-0.4, -0.2) is 25.9 Å². The summed E-state index contributed by atoms with van der Waals surface area (Å²) >= 11 is 2.89. The normalized spacial score (nSPS) is 17.6. The van der Waals surface area contributed by atoms with E-state index in [2.05, 4.69) is 9.97 Å². The molecule has 17 heavy (non-hydrogen) atoms. The highest BCUT2D eigenvalue weighted by molar-refractivity contribution is 8.00. The van der Waals surface area contributed by atoms with Crippen LogP contribution in [0, 0.1) is 0 Å². The van der Waals surface area contributed by atoms with Crippen molar-refractivity contribution < 1.29 is 5.11 Å². The van der Waals surface area contributed by atoms with Crippen molar-refractivity contribution in [3.05, 3.63) is 16.2 Å². The lowest BCUT2D eigenvalue weighted by molar-refractivity contribution is 0.136. The molecule has 0 aliphatic heterocycles. The minimum absolute atomic E-state index is 0.179. The molecule has 90 valence electrons. The first-order chi connectivity index (χ1) is 8.05. The van der Waals surface area contributed by atoms with E-state index in [4.69, 9.17) is 0 Å². The molecule has 0 unspecified atom stereocenters. The highest BCUT2D eigenvalue weighted by Crippen LogP contribution is 2.44. The summed E-state index contributed by atoms with van der Waals surface area (Å²) in [5.41, 5.74) is -0.678. The molecule has 5 nitrogen and oxygen atoms in total. The Morgan fingerprint density at radius 1 is 1.47 bits per heavy atom. The zero-order valence-electron chi connectivity index (χ0n) is 9.43. The first-order valence-electron chi connectivity index (χ1n) is 5.19. The summed E-state index contributed by atoms with van der Waals surface area (Å²) in [7, 11) is 1.64. The van der Waals surface area contributed by atoms with Crippen molar-refractivity contribution in [3.63, 3.8) is 0 Å². The Hall–Kier alpha value is -0.920. The molecule has 0 aromatic carbocycles. The summed E-state index contributed by atoms with van der Waals surface area (Å²) in [6.07, 6.45) is 3.26. The minimum Gasteiger partial charge on any atom is -0.382 e. The van der Waals surface area contributed by atoms with Gasteiger partial charge in [-0.3, -0.25) is 9.36 Å². The fraction of sp³-hybridized carbons (Fsp3) is 0.500. The van der Waals surface area contributed by atoms with E-state index in [1.165, 1.54) is 27.7 Å². The Morgan fingerprint density at radius 2 is 2.18 bits per heavy atom. The maximum atomic E-state index is 12.1. The van der Waals surface area contributed by atoms with E-state index in [1.54, 1.807) is 7.05 Å². The number of thioether (sulfide) groups is 1. The van der Waals surface area contributed by atoms with Crippen LogP contribution < -0.4 is 5.56 Å². The van der Waals surface area contributed by atoms with Gasteiger partial charge in [-0.05, 0) is 19.1 Å². The van der Waals surface area contributed by atoms with Gasteiger partial charge in [-0.15, -0.1) is 0 Å². The van der Waals surface area contributed by atoms with Crippen LogP contribution in [0.4, 0.5) is 0 Å². The topological polar surface area (TPSA) is 68.0 Å². The van der Waals surface area contributed by atoms with E-state index >= 15 is 0 Å². The maximum absolute atomic E-state index is 12.1. The van der Waals surface area contributed by atoms with Crippen LogP contribution in [0.2, 0.25) is 0 Å². The Kier molecular flexibility index (Phi) is 2.33. The Labute approximate surface area is 106 Å². The van der Waals surface area contributed by atoms with Crippen LogP contribution in [0.15, 0.2) is 9.13 Å². The van der Waals surface area contributed by atoms with Gasteiger partial charge in [0.2, 0.25) is 0 Å². The summed E-state index contributed by atoms with van der Waals surface area (Å²) < 4.78 is 2.24. The molecular formula is C10H11N3O2S2. The zero-order chi connectivity index (χ0) is 12.2. The zero-order valence-corrected chi connectivity index (χ0v) is 11.1. The van der Waals surface area contributed by atoms with E-state index in [0.717, 1.165) is 4.34 Å². The molecular weight excluding hydrogens is 258 g/mol. The number of aromatic nitrogens is 3. The van der Waals surface area contributed by atoms with Gasteiger partial charge in [-0.2, -0.15) is 0 Å². The largest absolute Gasteiger partial charge is 0.382 e. The van der Waals surface area contributed by atoms with Crippen LogP contribution in [0.3, 0.4) is 0 Å². The number of thiazole rings is 1. The summed E-state index contributed by atoms with van der Waals surface area (Å²) in [6.45, 7) is 0. The number of rotatable bonds is 2. The number of fused-ring (bicyclic) bond motifs is 1. The molecule has 7 heteroatoms. The molecule has 0 atom stereocenters. The highest BCUT2D eigenvalue weighted by atomic mass is 32.2. The van der Waals surface area contributed by atoms with Crippen LogP contribution >= 0.6 is 23.1 Å². The van der Waals surface area contributed by atoms with Gasteiger partial charge in [0.05, 0.1) is 0 Å². The van der Waals surface area contributed by atoms with Crippen LogP contribution in [0.5, 0.6) is 0 Å². The van der Waals surface area contributed by atoms with E-state index in [-0.39, 0.29) is 5.56 Å². The Bertz CT molecular complexity index is 657. The molecule has 0 saturated heterocycles. The molecule has 2 aromatic rings. The van der Waals surface area contributed by atoms with E-state index in [1.807, 2.05) is 6.26 Å². The molecule has 2 heterocycles. The average molecular weight is 269 g/mol. The van der Waals surface area contributed by atoms with Crippen LogP contribution in [-0.2, 0) is 12.6 Å². The second kappa shape index (κ2) is 3.54. The van der Waals surface area contributed by atoms with Crippen molar-refractivity contribution >= 4 is 33.4 Å². The maximum Gasteiger partial charge on any atom is 0.280 e. The summed E-state index contributed by atoms with van der Waals surface area (Å²) in [5.74, 6) is 0.464. The smallest absolute Gasteiger partial charge is 0.280 e. The quantitative estimate of drug-likeness (QED) is 0.827. The van der Waals surface area contributed by atoms with Gasteiger partial charge in [0.15, 0.2) is 14.7 Å². The van der Waals surface area contributed by atoms with Gasteiger partial charge in [0.25, 0.3) is 5.56 Å². The monoisotopic (exact) mass is 269 g/mol. The van der Waals surface area contributed by atoms with E-state index in [9.17, 15) is 9.90 Å². The first kappa shape index (κ1) is 11.2. The summed E-state index contributed by atoms with van der Waals surface area (Å²) in [6, 6.07) is 0. The van der Waals surface area contributed by atoms with Crippen molar-refractivity contribution in [2.75, 3.05) is 6.26 Å². The van der Waals surface area contributed by atoms with Crippen LogP contribution in [0.25, 0.3) is 10.3 Å². The lowest BCUT2D eigenvalue weighted by Gasteiger charge is -2.11. The van der Waals surface area contributed by atoms with Gasteiger partial charge in [0.1, 0.15) is 11.4 Å². The van der Waals surface area contributed by atoms with E-state index in [0.29, 0.717) is 29.0 Å². The van der Waals surface area contributed by atoms with Gasteiger partial charge < -0.3 is 5.11 Å². The van der Waals surface area contributed by atoms with Crippen molar-refractivity contribution in [1.82, 2.24) is 14.5 Å². The third-order valence-electron chi connectivity index (χ3n) is 2.94. The summed E-state index contributed by atoms with van der Waals surface area (Å²) in [5, 5.41) is 10.1. The lowest BCUT2D eigenvalue weighted by atomic mass is 10.3. The van der Waals surface area contributed by atoms with Crippen molar-refractivity contribution in [2.45, 2.75) is 22.8 Å².